The van der Waals surface area contributed by atoms with Crippen molar-refractivity contribution in [3.8, 4) is 0 Å². The highest BCUT2D eigenvalue weighted by molar-refractivity contribution is 8.14. The molecule has 0 radical (unpaired) electrons. The minimum Gasteiger partial charge on any atom is -0.381 e. The summed E-state index contributed by atoms with van der Waals surface area (Å²) < 4.78 is 7.42. The van der Waals surface area contributed by atoms with Crippen LogP contribution in [0.1, 0.15) is 42.2 Å². The number of thioether (sulfide) groups is 1. The van der Waals surface area contributed by atoms with Gasteiger partial charge < -0.3 is 4.74 Å². The van der Waals surface area contributed by atoms with Crippen molar-refractivity contribution < 1.29 is 4.74 Å². The number of hydrogen-bond donors (Lipinski definition) is 1. The monoisotopic (exact) mass is 381 g/mol. The van der Waals surface area contributed by atoms with Gasteiger partial charge in [0.2, 0.25) is 0 Å². The molecule has 1 N–H and O–H groups in total. The minimum atomic E-state index is -0.103. The summed E-state index contributed by atoms with van der Waals surface area (Å²) in [4.78, 5) is 26.3. The molecular weight excluding hydrogens is 362 g/mol. The highest BCUT2D eigenvalue weighted by Crippen LogP contribution is 2.45. The third kappa shape index (κ3) is 2.89. The minimum absolute atomic E-state index is 0.0653. The largest absolute Gasteiger partial charge is 0.381 e. The first-order valence-corrected chi connectivity index (χ1v) is 9.93. The molecule has 0 saturated carbocycles. The molecule has 3 aromatic rings. The zero-order valence-electron chi connectivity index (χ0n) is 14.9. The Hall–Kier alpha value is -2.45. The first kappa shape index (κ1) is 16.7. The number of aliphatic imine (C=N–C) groups is 1. The smallest absolute Gasteiger partial charge is 0.271 e. The molecule has 0 amide bonds. The molecule has 4 heterocycles. The number of ether oxygens (including phenoxy) is 1. The topological polar surface area (TPSA) is 85.2 Å². The summed E-state index contributed by atoms with van der Waals surface area (Å²) in [7, 11) is 0. The van der Waals surface area contributed by atoms with E-state index < -0.39 is 0 Å². The Morgan fingerprint density at radius 3 is 2.78 bits per heavy atom. The fourth-order valence-electron chi connectivity index (χ4n) is 3.79. The van der Waals surface area contributed by atoms with Gasteiger partial charge in [-0.3, -0.25) is 24.5 Å². The number of fused-ring (bicyclic) bond motifs is 2. The number of hydrogen-bond acceptors (Lipinski definition) is 6. The number of aromatic amines is 1. The van der Waals surface area contributed by atoms with Gasteiger partial charge in [0, 0.05) is 25.6 Å². The van der Waals surface area contributed by atoms with Crippen molar-refractivity contribution in [1.82, 2.24) is 19.7 Å². The van der Waals surface area contributed by atoms with Crippen molar-refractivity contribution in [3.63, 3.8) is 0 Å². The normalized spacial score (nSPS) is 20.5. The van der Waals surface area contributed by atoms with E-state index in [0.29, 0.717) is 13.2 Å². The molecule has 0 spiro atoms. The van der Waals surface area contributed by atoms with Gasteiger partial charge in [0.15, 0.2) is 5.82 Å². The fourth-order valence-corrected chi connectivity index (χ4v) is 4.89. The summed E-state index contributed by atoms with van der Waals surface area (Å²) in [6, 6.07) is 6.23. The van der Waals surface area contributed by atoms with Gasteiger partial charge >= 0.3 is 0 Å². The van der Waals surface area contributed by atoms with Gasteiger partial charge in [0.25, 0.3) is 5.56 Å². The SMILES string of the molecule is CC1=Nc2c(c(=O)[nH]n2C2CCOCC2)[C@@H](c2ccc3nccnc3c2)S1. The number of aromatic nitrogens is 4. The van der Waals surface area contributed by atoms with Crippen LogP contribution in [0.25, 0.3) is 11.0 Å². The molecule has 1 fully saturated rings. The number of benzene rings is 1. The van der Waals surface area contributed by atoms with Crippen molar-refractivity contribution in [2.45, 2.75) is 31.1 Å². The first-order chi connectivity index (χ1) is 13.2. The summed E-state index contributed by atoms with van der Waals surface area (Å²) in [6.07, 6.45) is 5.14. The van der Waals surface area contributed by atoms with Crippen molar-refractivity contribution in [1.29, 1.82) is 0 Å². The van der Waals surface area contributed by atoms with Crippen molar-refractivity contribution in [2.75, 3.05) is 13.2 Å². The average Bonchev–Trinajstić information content (AvgIpc) is 3.04. The maximum Gasteiger partial charge on any atom is 0.271 e. The Kier molecular flexibility index (Phi) is 4.09. The van der Waals surface area contributed by atoms with Crippen LogP contribution in [0.15, 0.2) is 40.4 Å². The van der Waals surface area contributed by atoms with Crippen LogP contribution >= 0.6 is 11.8 Å². The van der Waals surface area contributed by atoms with Gasteiger partial charge in [-0.15, -0.1) is 0 Å². The highest BCUT2D eigenvalue weighted by atomic mass is 32.2. The Morgan fingerprint density at radius 2 is 1.96 bits per heavy atom. The molecule has 2 aromatic heterocycles. The predicted molar refractivity (Wildman–Crippen MR) is 106 cm³/mol. The lowest BCUT2D eigenvalue weighted by Gasteiger charge is -2.26. The van der Waals surface area contributed by atoms with Crippen LogP contribution in [0.5, 0.6) is 0 Å². The molecule has 5 rings (SSSR count). The Labute approximate surface area is 159 Å². The zero-order chi connectivity index (χ0) is 18.4. The molecular formula is C19H19N5O2S. The third-order valence-corrected chi connectivity index (χ3v) is 6.28. The van der Waals surface area contributed by atoms with Gasteiger partial charge in [-0.2, -0.15) is 0 Å². The molecule has 1 saturated heterocycles. The molecule has 0 aliphatic carbocycles. The molecule has 0 unspecified atom stereocenters. The van der Waals surface area contributed by atoms with Gasteiger partial charge in [-0.1, -0.05) is 17.8 Å². The summed E-state index contributed by atoms with van der Waals surface area (Å²) in [5.41, 5.74) is 3.38. The molecule has 1 atom stereocenters. The second-order valence-electron chi connectivity index (χ2n) is 6.82. The van der Waals surface area contributed by atoms with E-state index in [1.807, 2.05) is 29.8 Å². The Morgan fingerprint density at radius 1 is 1.19 bits per heavy atom. The summed E-state index contributed by atoms with van der Waals surface area (Å²) >= 11 is 1.61. The third-order valence-electron chi connectivity index (χ3n) is 5.10. The molecule has 8 heteroatoms. The second-order valence-corrected chi connectivity index (χ2v) is 8.12. The fraction of sp³-hybridized carbons (Fsp3) is 0.368. The van der Waals surface area contributed by atoms with E-state index in [9.17, 15) is 4.79 Å². The Bertz CT molecular complexity index is 1100. The second kappa shape index (κ2) is 6.61. The van der Waals surface area contributed by atoms with Crippen LogP contribution in [0.2, 0.25) is 0 Å². The van der Waals surface area contributed by atoms with Crippen LogP contribution in [0.4, 0.5) is 5.82 Å². The maximum absolute atomic E-state index is 12.9. The quantitative estimate of drug-likeness (QED) is 0.736. The standard InChI is InChI=1S/C19H19N5O2S/c1-11-22-18-16(19(25)23-24(18)13-4-8-26-9-5-13)17(27-11)12-2-3-14-15(10-12)21-7-6-20-14/h2-3,6-7,10,13,17H,4-5,8-9H2,1H3,(H,23,25)/t17-/m1/s1. The number of H-pyrrole nitrogens is 1. The van der Waals surface area contributed by atoms with E-state index in [1.165, 1.54) is 0 Å². The van der Waals surface area contributed by atoms with E-state index in [2.05, 4.69) is 15.1 Å². The van der Waals surface area contributed by atoms with Crippen LogP contribution in [0, 0.1) is 0 Å². The Balaban J connectivity index is 1.63. The molecule has 138 valence electrons. The van der Waals surface area contributed by atoms with Crippen molar-refractivity contribution in [3.05, 3.63) is 52.1 Å². The molecule has 7 nitrogen and oxygen atoms in total. The zero-order valence-corrected chi connectivity index (χ0v) is 15.7. The number of nitrogens with zero attached hydrogens (tertiary/aromatic N) is 4. The van der Waals surface area contributed by atoms with Crippen LogP contribution in [-0.2, 0) is 4.74 Å². The van der Waals surface area contributed by atoms with Crippen LogP contribution in [0.3, 0.4) is 0 Å². The summed E-state index contributed by atoms with van der Waals surface area (Å²) in [5.74, 6) is 0.757. The molecule has 2 aliphatic rings. The molecule has 0 bridgehead atoms. The van der Waals surface area contributed by atoms with Crippen LogP contribution in [-0.4, -0.2) is 38.0 Å². The van der Waals surface area contributed by atoms with Gasteiger partial charge in [-0.05, 0) is 37.5 Å². The lowest BCUT2D eigenvalue weighted by atomic mass is 10.0. The van der Waals surface area contributed by atoms with Gasteiger partial charge in [0.05, 0.1) is 32.9 Å². The lowest BCUT2D eigenvalue weighted by molar-refractivity contribution is 0.0666. The van der Waals surface area contributed by atoms with E-state index in [4.69, 9.17) is 9.73 Å². The van der Waals surface area contributed by atoms with Crippen molar-refractivity contribution in [2.24, 2.45) is 4.99 Å². The molecule has 27 heavy (non-hydrogen) atoms. The molecule has 2 aliphatic heterocycles. The molecule has 1 aromatic carbocycles. The van der Waals surface area contributed by atoms with E-state index in [-0.39, 0.29) is 16.9 Å². The maximum atomic E-state index is 12.9. The van der Waals surface area contributed by atoms with Crippen LogP contribution < -0.4 is 5.56 Å². The van der Waals surface area contributed by atoms with E-state index in [0.717, 1.165) is 45.9 Å². The van der Waals surface area contributed by atoms with E-state index in [1.54, 1.807) is 24.2 Å². The predicted octanol–water partition coefficient (Wildman–Crippen LogP) is 3.36. The van der Waals surface area contributed by atoms with E-state index >= 15 is 0 Å². The summed E-state index contributed by atoms with van der Waals surface area (Å²) in [6.45, 7) is 3.42. The lowest BCUT2D eigenvalue weighted by Crippen LogP contribution is -2.21. The first-order valence-electron chi connectivity index (χ1n) is 9.05. The van der Waals surface area contributed by atoms with Crippen molar-refractivity contribution >= 4 is 33.7 Å². The number of nitrogens with one attached hydrogen (secondary N) is 1. The summed E-state index contributed by atoms with van der Waals surface area (Å²) in [5, 5.41) is 3.89. The highest BCUT2D eigenvalue weighted by Gasteiger charge is 2.32. The number of rotatable bonds is 2. The van der Waals surface area contributed by atoms with Gasteiger partial charge in [-0.25, -0.2) is 4.99 Å². The van der Waals surface area contributed by atoms with Gasteiger partial charge in [0.1, 0.15) is 0 Å². The average molecular weight is 381 g/mol.